The van der Waals surface area contributed by atoms with Gasteiger partial charge in [-0.3, -0.25) is 4.79 Å². The summed E-state index contributed by atoms with van der Waals surface area (Å²) < 4.78 is 5.41. The van der Waals surface area contributed by atoms with Gasteiger partial charge < -0.3 is 14.7 Å². The number of rotatable bonds is 4. The van der Waals surface area contributed by atoms with Crippen molar-refractivity contribution in [1.29, 1.82) is 0 Å². The molecule has 0 radical (unpaired) electrons. The van der Waals surface area contributed by atoms with E-state index in [0.29, 0.717) is 24.4 Å². The highest BCUT2D eigenvalue weighted by atomic mass is 16.5. The lowest BCUT2D eigenvalue weighted by Gasteiger charge is -2.22. The van der Waals surface area contributed by atoms with Crippen LogP contribution in [0.4, 0.5) is 0 Å². The molecular formula is C15H15N3O3. The van der Waals surface area contributed by atoms with Crippen LogP contribution in [-0.4, -0.2) is 29.1 Å². The zero-order chi connectivity index (χ0) is 14.8. The van der Waals surface area contributed by atoms with E-state index in [1.165, 1.54) is 5.56 Å². The molecule has 0 saturated heterocycles. The largest absolute Gasteiger partial charge is 0.491 e. The van der Waals surface area contributed by atoms with E-state index in [0.717, 1.165) is 11.3 Å². The van der Waals surface area contributed by atoms with Gasteiger partial charge in [0.05, 0.1) is 24.1 Å². The Morgan fingerprint density at radius 1 is 1.33 bits per heavy atom. The minimum atomic E-state index is -0.393. The SMILES string of the molecule is C=C1C(=O)N=NC=C1N1Cc2ccc(OCCO)cc2C1. The molecule has 0 aromatic heterocycles. The molecule has 0 spiro atoms. The highest BCUT2D eigenvalue weighted by Crippen LogP contribution is 2.32. The van der Waals surface area contributed by atoms with Gasteiger partial charge in [0, 0.05) is 13.1 Å². The molecule has 2 aliphatic heterocycles. The van der Waals surface area contributed by atoms with Crippen LogP contribution in [0.15, 0.2) is 52.5 Å². The Hall–Kier alpha value is -2.47. The van der Waals surface area contributed by atoms with Crippen molar-refractivity contribution in [3.63, 3.8) is 0 Å². The molecule has 1 aromatic carbocycles. The van der Waals surface area contributed by atoms with Crippen LogP contribution in [0.1, 0.15) is 11.1 Å². The van der Waals surface area contributed by atoms with E-state index in [-0.39, 0.29) is 13.2 Å². The number of nitrogens with zero attached hydrogens (tertiary/aromatic N) is 3. The fraction of sp³-hybridized carbons (Fsp3) is 0.267. The Morgan fingerprint density at radius 2 is 2.14 bits per heavy atom. The number of benzene rings is 1. The molecule has 108 valence electrons. The molecule has 0 fully saturated rings. The summed E-state index contributed by atoms with van der Waals surface area (Å²) in [6.45, 7) is 5.41. The van der Waals surface area contributed by atoms with Gasteiger partial charge in [-0.2, -0.15) is 5.11 Å². The molecule has 0 atom stereocenters. The maximum Gasteiger partial charge on any atom is 0.296 e. The number of aliphatic hydroxyl groups excluding tert-OH is 1. The average Bonchev–Trinajstić information content (AvgIpc) is 2.90. The van der Waals surface area contributed by atoms with E-state index in [9.17, 15) is 4.79 Å². The lowest BCUT2D eigenvalue weighted by atomic mass is 10.1. The second kappa shape index (κ2) is 5.49. The predicted molar refractivity (Wildman–Crippen MR) is 75.4 cm³/mol. The zero-order valence-corrected chi connectivity index (χ0v) is 11.5. The molecule has 2 heterocycles. The van der Waals surface area contributed by atoms with Crippen molar-refractivity contribution >= 4 is 5.91 Å². The van der Waals surface area contributed by atoms with Gasteiger partial charge >= 0.3 is 0 Å². The van der Waals surface area contributed by atoms with Gasteiger partial charge in [-0.05, 0) is 23.3 Å². The quantitative estimate of drug-likeness (QED) is 0.855. The Labute approximate surface area is 122 Å². The van der Waals surface area contributed by atoms with Crippen LogP contribution < -0.4 is 4.74 Å². The van der Waals surface area contributed by atoms with Crippen molar-refractivity contribution in [2.24, 2.45) is 10.2 Å². The second-order valence-electron chi connectivity index (χ2n) is 4.87. The van der Waals surface area contributed by atoms with Crippen molar-refractivity contribution in [3.8, 4) is 5.75 Å². The molecule has 0 saturated carbocycles. The van der Waals surface area contributed by atoms with Crippen molar-refractivity contribution in [1.82, 2.24) is 4.90 Å². The number of carbonyl (C=O) groups is 1. The summed E-state index contributed by atoms with van der Waals surface area (Å²) in [6, 6.07) is 5.84. The molecular weight excluding hydrogens is 270 g/mol. The first-order chi connectivity index (χ1) is 10.2. The number of ether oxygens (including phenoxy) is 1. The van der Waals surface area contributed by atoms with E-state index < -0.39 is 5.91 Å². The van der Waals surface area contributed by atoms with Crippen LogP contribution in [0.5, 0.6) is 5.75 Å². The Morgan fingerprint density at radius 3 is 2.95 bits per heavy atom. The molecule has 3 rings (SSSR count). The Balaban J connectivity index is 1.78. The second-order valence-corrected chi connectivity index (χ2v) is 4.87. The third-order valence-corrected chi connectivity index (χ3v) is 3.50. The molecule has 1 aromatic rings. The van der Waals surface area contributed by atoms with Crippen LogP contribution >= 0.6 is 0 Å². The Bertz CT molecular complexity index is 664. The monoisotopic (exact) mass is 285 g/mol. The molecule has 0 unspecified atom stereocenters. The highest BCUT2D eigenvalue weighted by Gasteiger charge is 2.26. The van der Waals surface area contributed by atoms with Gasteiger partial charge in [0.15, 0.2) is 0 Å². The number of carbonyl (C=O) groups excluding carboxylic acids is 1. The summed E-state index contributed by atoms with van der Waals surface area (Å²) in [5.74, 6) is 0.340. The van der Waals surface area contributed by atoms with Crippen molar-refractivity contribution < 1.29 is 14.6 Å². The van der Waals surface area contributed by atoms with Crippen LogP contribution in [-0.2, 0) is 17.9 Å². The van der Waals surface area contributed by atoms with Crippen LogP contribution in [0, 0.1) is 0 Å². The summed E-state index contributed by atoms with van der Waals surface area (Å²) in [7, 11) is 0. The number of fused-ring (bicyclic) bond motifs is 1. The van der Waals surface area contributed by atoms with Gasteiger partial charge in [0.1, 0.15) is 12.4 Å². The third-order valence-electron chi connectivity index (χ3n) is 3.50. The number of azo groups is 1. The fourth-order valence-electron chi connectivity index (χ4n) is 2.45. The smallest absolute Gasteiger partial charge is 0.296 e. The average molecular weight is 285 g/mol. The summed E-state index contributed by atoms with van der Waals surface area (Å²) in [5.41, 5.74) is 3.39. The van der Waals surface area contributed by atoms with Gasteiger partial charge in [-0.1, -0.05) is 12.6 Å². The Kier molecular flexibility index (Phi) is 3.53. The topological polar surface area (TPSA) is 74.5 Å². The molecule has 0 aliphatic carbocycles. The summed E-state index contributed by atoms with van der Waals surface area (Å²) in [4.78, 5) is 13.6. The van der Waals surface area contributed by atoms with Crippen molar-refractivity contribution in [3.05, 3.63) is 53.4 Å². The van der Waals surface area contributed by atoms with Crippen molar-refractivity contribution in [2.75, 3.05) is 13.2 Å². The number of hydrogen-bond acceptors (Lipinski definition) is 5. The lowest BCUT2D eigenvalue weighted by molar-refractivity contribution is -0.114. The van der Waals surface area contributed by atoms with E-state index in [1.54, 1.807) is 6.20 Å². The normalized spacial score (nSPS) is 17.0. The summed E-state index contributed by atoms with van der Waals surface area (Å²) in [6.07, 6.45) is 1.57. The first-order valence-corrected chi connectivity index (χ1v) is 6.64. The minimum absolute atomic E-state index is 0.0109. The van der Waals surface area contributed by atoms with Gasteiger partial charge in [0.25, 0.3) is 5.91 Å². The van der Waals surface area contributed by atoms with Gasteiger partial charge in [-0.15, -0.1) is 5.11 Å². The molecule has 1 amide bonds. The number of hydrogen-bond donors (Lipinski definition) is 1. The van der Waals surface area contributed by atoms with E-state index in [1.807, 2.05) is 23.1 Å². The summed E-state index contributed by atoms with van der Waals surface area (Å²) >= 11 is 0. The predicted octanol–water partition coefficient (Wildman–Crippen LogP) is 1.76. The molecule has 6 nitrogen and oxygen atoms in total. The maximum absolute atomic E-state index is 11.5. The number of amides is 1. The first-order valence-electron chi connectivity index (χ1n) is 6.64. The maximum atomic E-state index is 11.5. The molecule has 1 N–H and O–H groups in total. The fourth-order valence-corrected chi connectivity index (χ4v) is 2.45. The van der Waals surface area contributed by atoms with E-state index >= 15 is 0 Å². The molecule has 2 aliphatic rings. The molecule has 21 heavy (non-hydrogen) atoms. The minimum Gasteiger partial charge on any atom is -0.491 e. The van der Waals surface area contributed by atoms with Gasteiger partial charge in [-0.25, -0.2) is 0 Å². The van der Waals surface area contributed by atoms with Crippen LogP contribution in [0.2, 0.25) is 0 Å². The van der Waals surface area contributed by atoms with Crippen LogP contribution in [0.25, 0.3) is 0 Å². The molecule has 0 bridgehead atoms. The highest BCUT2D eigenvalue weighted by molar-refractivity contribution is 5.98. The molecule has 6 heteroatoms. The van der Waals surface area contributed by atoms with E-state index in [2.05, 4.69) is 16.8 Å². The standard InChI is InChI=1S/C15H15N3O3/c1-10-14(7-16-17-15(10)20)18-8-11-2-3-13(21-5-4-19)6-12(11)9-18/h2-3,6-7,19H,1,4-5,8-9H2. The van der Waals surface area contributed by atoms with E-state index in [4.69, 9.17) is 9.84 Å². The third kappa shape index (κ3) is 2.57. The number of aliphatic hydroxyl groups is 1. The van der Waals surface area contributed by atoms with Gasteiger partial charge in [0.2, 0.25) is 0 Å². The van der Waals surface area contributed by atoms with Crippen LogP contribution in [0.3, 0.4) is 0 Å². The zero-order valence-electron chi connectivity index (χ0n) is 11.5. The lowest BCUT2D eigenvalue weighted by Crippen LogP contribution is -2.21. The van der Waals surface area contributed by atoms with Crippen molar-refractivity contribution in [2.45, 2.75) is 13.1 Å². The first kappa shape index (κ1) is 13.5. The summed E-state index contributed by atoms with van der Waals surface area (Å²) in [5, 5.41) is 16.0.